The Morgan fingerprint density at radius 3 is 1.54 bits per heavy atom. The minimum atomic E-state index is -3.75. The molecule has 0 spiro atoms. The van der Waals surface area contributed by atoms with E-state index in [2.05, 4.69) is 9.73 Å². The van der Waals surface area contributed by atoms with E-state index in [1.807, 2.05) is 49.1 Å². The number of aliphatic imine (C=N–C) groups is 1. The molecule has 20 nitrogen and oxygen atoms in total. The molecule has 83 heavy (non-hydrogen) atoms. The summed E-state index contributed by atoms with van der Waals surface area (Å²) in [6.07, 6.45) is 4.65. The molecule has 1 fully saturated rings. The number of carbonyl (C=O) groups excluding carboxylic acids is 3. The van der Waals surface area contributed by atoms with Gasteiger partial charge in [-0.15, -0.1) is 0 Å². The highest BCUT2D eigenvalue weighted by Crippen LogP contribution is 2.35. The second kappa shape index (κ2) is 38.6. The summed E-state index contributed by atoms with van der Waals surface area (Å²) < 4.78 is 141. The Hall–Kier alpha value is -5.29. The van der Waals surface area contributed by atoms with Gasteiger partial charge < -0.3 is 62.7 Å². The predicted molar refractivity (Wildman–Crippen MR) is 299 cm³/mol. The zero-order valence-electron chi connectivity index (χ0n) is 47.6. The summed E-state index contributed by atoms with van der Waals surface area (Å²) in [5.74, 6) is -9.08. The molecule has 0 atom stereocenters. The van der Waals surface area contributed by atoms with Crippen molar-refractivity contribution in [1.82, 2.24) is 9.21 Å². The summed E-state index contributed by atoms with van der Waals surface area (Å²) >= 11 is 0. The Balaban J connectivity index is 0.755. The number of ketones is 1. The van der Waals surface area contributed by atoms with Gasteiger partial charge in [0.1, 0.15) is 11.6 Å². The predicted octanol–water partition coefficient (Wildman–Crippen LogP) is 6.86. The summed E-state index contributed by atoms with van der Waals surface area (Å²) in [5.41, 5.74) is 9.76. The maximum absolute atomic E-state index is 13.6. The third-order valence-corrected chi connectivity index (χ3v) is 14.5. The molecule has 2 aliphatic heterocycles. The molecule has 2 N–H and O–H groups in total. The van der Waals surface area contributed by atoms with Crippen LogP contribution in [0.5, 0.6) is 5.75 Å². The van der Waals surface area contributed by atoms with Crippen LogP contribution < -0.4 is 10.5 Å². The van der Waals surface area contributed by atoms with Crippen molar-refractivity contribution in [2.24, 2.45) is 16.6 Å². The van der Waals surface area contributed by atoms with Crippen molar-refractivity contribution < 1.29 is 92.5 Å². The van der Waals surface area contributed by atoms with Gasteiger partial charge in [-0.25, -0.2) is 22.2 Å². The van der Waals surface area contributed by atoms with Crippen molar-refractivity contribution in [3.8, 4) is 16.9 Å². The summed E-state index contributed by atoms with van der Waals surface area (Å²) in [5, 5.41) is 0. The second-order valence-corrected chi connectivity index (χ2v) is 21.1. The largest absolute Gasteiger partial charge is 0.420 e. The number of sulfonamides is 1. The van der Waals surface area contributed by atoms with E-state index in [1.54, 1.807) is 18.2 Å². The van der Waals surface area contributed by atoms with Gasteiger partial charge in [-0.2, -0.15) is 13.1 Å². The molecule has 0 aromatic heterocycles. The SMILES string of the molecule is CCCN(CCC)C(=O)C1=Cc2ccc(-c3cccc(S(=O)(=O)N4CC(CCC(=O)CCOCCOCCOCCOCCOCCOCCOCCOCCOCCOCCC(=O)Oc5c(F)c(F)cc(F)c5F)C4)c3)cc2N=C(N)C1. The number of amides is 1. The van der Waals surface area contributed by atoms with E-state index in [0.717, 1.165) is 24.0 Å². The van der Waals surface area contributed by atoms with Gasteiger partial charge in [0, 0.05) is 62.6 Å². The lowest BCUT2D eigenvalue weighted by atomic mass is 9.95. The first-order chi connectivity index (χ1) is 40.2. The molecule has 2 heterocycles. The summed E-state index contributed by atoms with van der Waals surface area (Å²) in [7, 11) is -3.75. The molecule has 5 rings (SSSR count). The van der Waals surface area contributed by atoms with E-state index in [1.165, 1.54) is 4.31 Å². The number of benzene rings is 3. The zero-order chi connectivity index (χ0) is 59.7. The molecular formula is C58H80F4N4O16S. The number of hydrogen-bond acceptors (Lipinski definition) is 18. The molecular weight excluding hydrogens is 1120 g/mol. The van der Waals surface area contributed by atoms with Crippen LogP contribution >= 0.6 is 0 Å². The van der Waals surface area contributed by atoms with Gasteiger partial charge >= 0.3 is 5.97 Å². The third-order valence-electron chi connectivity index (χ3n) is 12.7. The molecule has 0 unspecified atom stereocenters. The van der Waals surface area contributed by atoms with Crippen LogP contribution in [0.3, 0.4) is 0 Å². The molecule has 2 aliphatic rings. The number of halogens is 4. The van der Waals surface area contributed by atoms with Crippen LogP contribution in [0.1, 0.15) is 64.4 Å². The molecule has 1 saturated heterocycles. The van der Waals surface area contributed by atoms with E-state index in [9.17, 15) is 40.4 Å². The van der Waals surface area contributed by atoms with E-state index in [4.69, 9.17) is 53.1 Å². The monoisotopic (exact) mass is 1200 g/mol. The van der Waals surface area contributed by atoms with Gasteiger partial charge in [0.2, 0.25) is 33.3 Å². The number of ether oxygens (including phenoxy) is 11. The van der Waals surface area contributed by atoms with E-state index in [-0.39, 0.29) is 74.4 Å². The number of Topliss-reactive ketones (excluding diaryl/α,β-unsaturated/α-hetero) is 1. The number of amidine groups is 1. The number of nitrogens with two attached hydrogens (primary N) is 1. The van der Waals surface area contributed by atoms with Crippen LogP contribution in [0.2, 0.25) is 0 Å². The first kappa shape index (κ1) is 68.5. The summed E-state index contributed by atoms with van der Waals surface area (Å²) in [6, 6.07) is 12.5. The van der Waals surface area contributed by atoms with Gasteiger partial charge in [0.05, 0.1) is 149 Å². The second-order valence-electron chi connectivity index (χ2n) is 19.2. The molecule has 3 aromatic carbocycles. The lowest BCUT2D eigenvalue weighted by Gasteiger charge is -2.38. The molecule has 0 aliphatic carbocycles. The fourth-order valence-corrected chi connectivity index (χ4v) is 10.0. The summed E-state index contributed by atoms with van der Waals surface area (Å²) in [4.78, 5) is 44.4. The molecule has 462 valence electrons. The van der Waals surface area contributed by atoms with E-state index >= 15 is 0 Å². The van der Waals surface area contributed by atoms with Crippen molar-refractivity contribution in [3.05, 3.63) is 82.9 Å². The van der Waals surface area contributed by atoms with Crippen molar-refractivity contribution in [2.75, 3.05) is 158 Å². The average molecular weight is 1200 g/mol. The van der Waals surface area contributed by atoms with Crippen LogP contribution in [0, 0.1) is 29.2 Å². The van der Waals surface area contributed by atoms with Crippen molar-refractivity contribution in [3.63, 3.8) is 0 Å². The van der Waals surface area contributed by atoms with Crippen LogP contribution in [-0.2, 0) is 71.8 Å². The molecule has 25 heteroatoms. The lowest BCUT2D eigenvalue weighted by Crippen LogP contribution is -2.49. The fourth-order valence-electron chi connectivity index (χ4n) is 8.37. The normalized spacial score (nSPS) is 13.8. The third kappa shape index (κ3) is 24.7. The number of rotatable bonds is 45. The molecule has 0 saturated carbocycles. The smallest absolute Gasteiger partial charge is 0.313 e. The number of hydrogen-bond donors (Lipinski definition) is 1. The Morgan fingerprint density at radius 1 is 0.602 bits per heavy atom. The Kier molecular flexibility index (Phi) is 31.9. The quantitative estimate of drug-likeness (QED) is 0.0200. The molecule has 1 amide bonds. The Morgan fingerprint density at radius 2 is 1.06 bits per heavy atom. The highest BCUT2D eigenvalue weighted by molar-refractivity contribution is 7.89. The molecule has 0 bridgehead atoms. The number of fused-ring (bicyclic) bond motifs is 1. The minimum absolute atomic E-state index is 0.0128. The maximum Gasteiger partial charge on any atom is 0.313 e. The van der Waals surface area contributed by atoms with Crippen molar-refractivity contribution in [1.29, 1.82) is 0 Å². The van der Waals surface area contributed by atoms with Gasteiger partial charge in [-0.05, 0) is 60.6 Å². The minimum Gasteiger partial charge on any atom is -0.420 e. The van der Waals surface area contributed by atoms with Crippen molar-refractivity contribution >= 4 is 45.3 Å². The fraction of sp³-hybridized carbons (Fsp3) is 0.586. The van der Waals surface area contributed by atoms with Gasteiger partial charge in [0.15, 0.2) is 11.6 Å². The van der Waals surface area contributed by atoms with Crippen LogP contribution in [-0.4, -0.2) is 199 Å². The van der Waals surface area contributed by atoms with Crippen LogP contribution in [0.15, 0.2) is 64.0 Å². The van der Waals surface area contributed by atoms with Crippen LogP contribution in [0.4, 0.5) is 23.2 Å². The first-order valence-corrected chi connectivity index (χ1v) is 29.6. The summed E-state index contributed by atoms with van der Waals surface area (Å²) in [6.45, 7) is 12.6. The highest BCUT2D eigenvalue weighted by Gasteiger charge is 2.37. The first-order valence-electron chi connectivity index (χ1n) is 28.1. The maximum atomic E-state index is 13.6. The van der Waals surface area contributed by atoms with Crippen LogP contribution in [0.25, 0.3) is 17.2 Å². The van der Waals surface area contributed by atoms with Crippen molar-refractivity contribution in [2.45, 2.75) is 63.7 Å². The average Bonchev–Trinajstić information content (AvgIpc) is 3.81. The van der Waals surface area contributed by atoms with Gasteiger partial charge in [-0.3, -0.25) is 14.4 Å². The highest BCUT2D eigenvalue weighted by atomic mass is 32.2. The Labute approximate surface area is 483 Å². The standard InChI is InChI=1S/C58H80F4N4O16S/c1-3-14-65(15-4-2)58(69)47-36-46-10-9-45(38-52(46)64-53(63)39-47)44-6-5-7-49(37-44)83(70,71)66-41-43(42-66)8-11-48(67)12-16-72-18-20-74-22-24-76-26-28-78-30-32-80-34-35-81-33-31-79-29-27-77-25-23-75-21-19-73-17-13-54(68)82-57-55(61)50(59)40-51(60)56(57)62/h5-7,9-10,36-38,40,43H,3-4,8,11-35,39,41-42H2,1-2H3,(H2,63,64). The Bertz CT molecular complexity index is 2610. The topological polar surface area (TPSA) is 232 Å². The zero-order valence-corrected chi connectivity index (χ0v) is 48.4. The van der Waals surface area contributed by atoms with Gasteiger partial charge in [-0.1, -0.05) is 38.1 Å². The number of nitrogens with zero attached hydrogens (tertiary/aromatic N) is 3. The van der Waals surface area contributed by atoms with E-state index in [0.29, 0.717) is 161 Å². The molecule has 0 radical (unpaired) electrons. The number of carbonyl (C=O) groups is 3. The van der Waals surface area contributed by atoms with E-state index < -0.39 is 51.4 Å². The number of esters is 1. The molecule has 3 aromatic rings. The lowest BCUT2D eigenvalue weighted by molar-refractivity contribution is -0.136. The van der Waals surface area contributed by atoms with Gasteiger partial charge in [0.25, 0.3) is 0 Å².